The number of amides is 2. The third kappa shape index (κ3) is 5.51. The van der Waals surface area contributed by atoms with Crippen LogP contribution in [0.1, 0.15) is 36.2 Å². The third-order valence-corrected chi connectivity index (χ3v) is 4.98. The van der Waals surface area contributed by atoms with Crippen molar-refractivity contribution < 1.29 is 14.3 Å². The largest absolute Gasteiger partial charge is 0.481 e. The number of carbonyl (C=O) groups excluding carboxylic acids is 2. The first-order chi connectivity index (χ1) is 15.0. The molecule has 0 spiro atoms. The standard InChI is InChI=1S/C26H28N2O3/c1-4-24(31-21-15-11-12-19(3)18-21)25(29)27-23-17-10-9-16-22(23)26(30)28(5-2)20-13-7-6-8-14-20/h6-18,24H,4-5H2,1-3H3,(H,27,29). The van der Waals surface area contributed by atoms with Crippen LogP contribution in [0.3, 0.4) is 0 Å². The van der Waals surface area contributed by atoms with Crippen molar-refractivity contribution in [3.63, 3.8) is 0 Å². The molecule has 0 radical (unpaired) electrons. The molecule has 5 nitrogen and oxygen atoms in total. The van der Waals surface area contributed by atoms with E-state index in [1.807, 2.05) is 75.4 Å². The fourth-order valence-electron chi connectivity index (χ4n) is 3.36. The van der Waals surface area contributed by atoms with Gasteiger partial charge in [-0.1, -0.05) is 49.4 Å². The molecule has 0 saturated heterocycles. The maximum absolute atomic E-state index is 13.3. The summed E-state index contributed by atoms with van der Waals surface area (Å²) >= 11 is 0. The molecule has 0 aromatic heterocycles. The van der Waals surface area contributed by atoms with Crippen molar-refractivity contribution in [2.45, 2.75) is 33.3 Å². The van der Waals surface area contributed by atoms with E-state index in [-0.39, 0.29) is 11.8 Å². The van der Waals surface area contributed by atoms with Crippen molar-refractivity contribution in [2.75, 3.05) is 16.8 Å². The Morgan fingerprint density at radius 3 is 2.32 bits per heavy atom. The maximum Gasteiger partial charge on any atom is 0.265 e. The van der Waals surface area contributed by atoms with Gasteiger partial charge in [-0.05, 0) is 62.2 Å². The molecule has 0 fully saturated rings. The number of nitrogens with zero attached hydrogens (tertiary/aromatic N) is 1. The number of hydrogen-bond acceptors (Lipinski definition) is 3. The Balaban J connectivity index is 1.80. The molecule has 0 aliphatic carbocycles. The molecule has 3 rings (SSSR count). The van der Waals surface area contributed by atoms with Crippen molar-refractivity contribution in [2.24, 2.45) is 0 Å². The van der Waals surface area contributed by atoms with E-state index in [2.05, 4.69) is 5.32 Å². The van der Waals surface area contributed by atoms with Gasteiger partial charge in [0, 0.05) is 12.2 Å². The molecule has 5 heteroatoms. The van der Waals surface area contributed by atoms with E-state index < -0.39 is 6.10 Å². The average Bonchev–Trinajstić information content (AvgIpc) is 2.79. The summed E-state index contributed by atoms with van der Waals surface area (Å²) in [5.74, 6) is 0.192. The molecule has 3 aromatic carbocycles. The Labute approximate surface area is 183 Å². The van der Waals surface area contributed by atoms with Crippen LogP contribution in [0.4, 0.5) is 11.4 Å². The van der Waals surface area contributed by atoms with E-state index in [1.54, 1.807) is 29.2 Å². The number of hydrogen-bond donors (Lipinski definition) is 1. The number of benzene rings is 3. The van der Waals surface area contributed by atoms with Gasteiger partial charge in [0.1, 0.15) is 5.75 Å². The van der Waals surface area contributed by atoms with E-state index in [9.17, 15) is 9.59 Å². The van der Waals surface area contributed by atoms with Gasteiger partial charge in [-0.25, -0.2) is 0 Å². The second-order valence-corrected chi connectivity index (χ2v) is 7.25. The zero-order valence-corrected chi connectivity index (χ0v) is 18.2. The normalized spacial score (nSPS) is 11.5. The number of anilines is 2. The predicted octanol–water partition coefficient (Wildman–Crippen LogP) is 5.46. The highest BCUT2D eigenvalue weighted by molar-refractivity contribution is 6.11. The third-order valence-electron chi connectivity index (χ3n) is 4.98. The monoisotopic (exact) mass is 416 g/mol. The van der Waals surface area contributed by atoms with Crippen LogP contribution < -0.4 is 15.0 Å². The zero-order valence-electron chi connectivity index (χ0n) is 18.2. The lowest BCUT2D eigenvalue weighted by molar-refractivity contribution is -0.122. The molecule has 0 saturated carbocycles. The highest BCUT2D eigenvalue weighted by Gasteiger charge is 2.23. The van der Waals surface area contributed by atoms with E-state index in [0.29, 0.717) is 30.0 Å². The van der Waals surface area contributed by atoms with Gasteiger partial charge in [0.05, 0.1) is 11.3 Å². The molecule has 31 heavy (non-hydrogen) atoms. The fourth-order valence-corrected chi connectivity index (χ4v) is 3.36. The first-order valence-electron chi connectivity index (χ1n) is 10.5. The first kappa shape index (κ1) is 22.1. The maximum atomic E-state index is 13.3. The predicted molar refractivity (Wildman–Crippen MR) is 125 cm³/mol. The Bertz CT molecular complexity index is 1030. The summed E-state index contributed by atoms with van der Waals surface area (Å²) in [4.78, 5) is 27.9. The number of nitrogens with one attached hydrogen (secondary N) is 1. The van der Waals surface area contributed by atoms with Gasteiger partial charge >= 0.3 is 0 Å². The zero-order chi connectivity index (χ0) is 22.2. The van der Waals surface area contributed by atoms with Crippen molar-refractivity contribution >= 4 is 23.2 Å². The molecule has 1 N–H and O–H groups in total. The summed E-state index contributed by atoms with van der Waals surface area (Å²) in [5, 5.41) is 2.90. The first-order valence-corrected chi connectivity index (χ1v) is 10.5. The SMILES string of the molecule is CCC(Oc1cccc(C)c1)C(=O)Nc1ccccc1C(=O)N(CC)c1ccccc1. The van der Waals surface area contributed by atoms with Gasteiger partial charge in [0.2, 0.25) is 0 Å². The Morgan fingerprint density at radius 2 is 1.65 bits per heavy atom. The van der Waals surface area contributed by atoms with E-state index in [0.717, 1.165) is 11.3 Å². The van der Waals surface area contributed by atoms with E-state index in [1.165, 1.54) is 0 Å². The number of ether oxygens (including phenoxy) is 1. The number of carbonyl (C=O) groups is 2. The lowest BCUT2D eigenvalue weighted by Gasteiger charge is -2.23. The van der Waals surface area contributed by atoms with Crippen molar-refractivity contribution in [1.29, 1.82) is 0 Å². The van der Waals surface area contributed by atoms with Crippen molar-refractivity contribution in [3.05, 3.63) is 90.0 Å². The van der Waals surface area contributed by atoms with Crippen LogP contribution in [-0.2, 0) is 4.79 Å². The van der Waals surface area contributed by atoms with Gasteiger partial charge in [-0.3, -0.25) is 9.59 Å². The molecule has 0 aliphatic rings. The molecular formula is C26H28N2O3. The molecule has 3 aromatic rings. The molecular weight excluding hydrogens is 388 g/mol. The molecule has 160 valence electrons. The smallest absolute Gasteiger partial charge is 0.265 e. The lowest BCUT2D eigenvalue weighted by atomic mass is 10.1. The van der Waals surface area contributed by atoms with Gasteiger partial charge in [-0.2, -0.15) is 0 Å². The van der Waals surface area contributed by atoms with Gasteiger partial charge in [-0.15, -0.1) is 0 Å². The molecule has 1 unspecified atom stereocenters. The quantitative estimate of drug-likeness (QED) is 0.531. The number of aryl methyl sites for hydroxylation is 1. The summed E-state index contributed by atoms with van der Waals surface area (Å²) < 4.78 is 5.91. The minimum Gasteiger partial charge on any atom is -0.481 e. The number of para-hydroxylation sites is 2. The molecule has 2 amide bonds. The van der Waals surface area contributed by atoms with Crippen LogP contribution in [-0.4, -0.2) is 24.5 Å². The van der Waals surface area contributed by atoms with Crippen LogP contribution in [0.2, 0.25) is 0 Å². The second kappa shape index (κ2) is 10.4. The lowest BCUT2D eigenvalue weighted by Crippen LogP contribution is -2.34. The highest BCUT2D eigenvalue weighted by Crippen LogP contribution is 2.23. The van der Waals surface area contributed by atoms with Crippen LogP contribution in [0.5, 0.6) is 5.75 Å². The minimum absolute atomic E-state index is 0.169. The van der Waals surface area contributed by atoms with E-state index in [4.69, 9.17) is 4.74 Å². The van der Waals surface area contributed by atoms with Crippen LogP contribution in [0.15, 0.2) is 78.9 Å². The topological polar surface area (TPSA) is 58.6 Å². The fraction of sp³-hybridized carbons (Fsp3) is 0.231. The van der Waals surface area contributed by atoms with Crippen LogP contribution in [0, 0.1) is 6.92 Å². The molecule has 0 heterocycles. The van der Waals surface area contributed by atoms with Gasteiger partial charge < -0.3 is 15.0 Å². The average molecular weight is 417 g/mol. The van der Waals surface area contributed by atoms with Crippen molar-refractivity contribution in [3.8, 4) is 5.75 Å². The summed E-state index contributed by atoms with van der Waals surface area (Å²) in [6, 6.07) is 24.2. The van der Waals surface area contributed by atoms with Crippen LogP contribution in [0.25, 0.3) is 0 Å². The number of rotatable bonds is 8. The van der Waals surface area contributed by atoms with E-state index >= 15 is 0 Å². The Kier molecular flexibility index (Phi) is 7.44. The minimum atomic E-state index is -0.665. The van der Waals surface area contributed by atoms with Crippen molar-refractivity contribution in [1.82, 2.24) is 0 Å². The summed E-state index contributed by atoms with van der Waals surface area (Å²) in [6.07, 6.45) is -0.164. The summed E-state index contributed by atoms with van der Waals surface area (Å²) in [7, 11) is 0. The summed E-state index contributed by atoms with van der Waals surface area (Å²) in [6.45, 7) is 6.31. The molecule has 0 aliphatic heterocycles. The Morgan fingerprint density at radius 1 is 0.935 bits per heavy atom. The Hall–Kier alpha value is -3.60. The molecule has 0 bridgehead atoms. The van der Waals surface area contributed by atoms with Gasteiger partial charge in [0.15, 0.2) is 6.10 Å². The molecule has 1 atom stereocenters. The summed E-state index contributed by atoms with van der Waals surface area (Å²) in [5.41, 5.74) is 2.78. The second-order valence-electron chi connectivity index (χ2n) is 7.25. The highest BCUT2D eigenvalue weighted by atomic mass is 16.5. The van der Waals surface area contributed by atoms with Crippen LogP contribution >= 0.6 is 0 Å². The van der Waals surface area contributed by atoms with Gasteiger partial charge in [0.25, 0.3) is 11.8 Å².